The predicted octanol–water partition coefficient (Wildman–Crippen LogP) is 1.89. The molecule has 1 atom stereocenters. The molecular weight excluding hydrogens is 270 g/mol. The number of carbonyl (C=O) groups is 1. The largest absolute Gasteiger partial charge is 0.508 e. The van der Waals surface area contributed by atoms with Gasteiger partial charge >= 0.3 is 5.97 Å². The zero-order valence-corrected chi connectivity index (χ0v) is 12.6. The molecule has 1 heterocycles. The average molecular weight is 293 g/mol. The zero-order chi connectivity index (χ0) is 15.5. The Bertz CT molecular complexity index is 480. The summed E-state index contributed by atoms with van der Waals surface area (Å²) in [5.74, 6) is -0.629. The highest BCUT2D eigenvalue weighted by Crippen LogP contribution is 2.28. The molecule has 0 bridgehead atoms. The number of hydrogen-bond acceptors (Lipinski definition) is 4. The Balaban J connectivity index is 1.72. The van der Waals surface area contributed by atoms with Gasteiger partial charge in [0.15, 0.2) is 0 Å². The SMILES string of the molecule is CC(CCc1ccc(O)cc1)N1CC(C)(OCC(=O)O)C1. The average Bonchev–Trinajstić information content (AvgIpc) is 2.41. The lowest BCUT2D eigenvalue weighted by atomic mass is 9.92. The molecule has 0 aliphatic carbocycles. The van der Waals surface area contributed by atoms with E-state index in [0.717, 1.165) is 25.9 Å². The van der Waals surface area contributed by atoms with E-state index in [2.05, 4.69) is 11.8 Å². The van der Waals surface area contributed by atoms with Crippen molar-refractivity contribution in [2.75, 3.05) is 19.7 Å². The minimum absolute atomic E-state index is 0.230. The molecular formula is C16H23NO4. The molecule has 1 aliphatic heterocycles. The number of carboxylic acid groups (broad SMARTS) is 1. The third kappa shape index (κ3) is 4.44. The monoisotopic (exact) mass is 293 g/mol. The third-order valence-corrected chi connectivity index (χ3v) is 4.03. The number of carboxylic acids is 1. The van der Waals surface area contributed by atoms with Gasteiger partial charge in [0.1, 0.15) is 12.4 Å². The van der Waals surface area contributed by atoms with Gasteiger partial charge in [-0.2, -0.15) is 0 Å². The van der Waals surface area contributed by atoms with Gasteiger partial charge in [-0.3, -0.25) is 4.90 Å². The van der Waals surface area contributed by atoms with Crippen LogP contribution in [0.15, 0.2) is 24.3 Å². The van der Waals surface area contributed by atoms with E-state index in [9.17, 15) is 9.90 Å². The minimum Gasteiger partial charge on any atom is -0.508 e. The molecule has 1 aliphatic rings. The highest BCUT2D eigenvalue weighted by molar-refractivity contribution is 5.68. The van der Waals surface area contributed by atoms with Gasteiger partial charge in [0.05, 0.1) is 5.60 Å². The number of benzene rings is 1. The number of phenols is 1. The first-order valence-corrected chi connectivity index (χ1v) is 7.26. The summed E-state index contributed by atoms with van der Waals surface area (Å²) in [6, 6.07) is 7.73. The molecule has 0 spiro atoms. The van der Waals surface area contributed by atoms with Crippen LogP contribution in [0.4, 0.5) is 0 Å². The number of aryl methyl sites for hydroxylation is 1. The molecule has 116 valence electrons. The molecule has 5 nitrogen and oxygen atoms in total. The molecule has 1 unspecified atom stereocenters. The molecule has 1 saturated heterocycles. The Morgan fingerprint density at radius 3 is 2.57 bits per heavy atom. The standard InChI is InChI=1S/C16H23NO4/c1-12(3-4-13-5-7-14(18)8-6-13)17-10-16(2,11-17)21-9-15(19)20/h5-8,12,18H,3-4,9-11H2,1-2H3,(H,19,20). The fourth-order valence-electron chi connectivity index (χ4n) is 2.67. The highest BCUT2D eigenvalue weighted by atomic mass is 16.5. The number of likely N-dealkylation sites (tertiary alicyclic amines) is 1. The van der Waals surface area contributed by atoms with Gasteiger partial charge in [-0.1, -0.05) is 12.1 Å². The molecule has 2 N–H and O–H groups in total. The van der Waals surface area contributed by atoms with Gasteiger partial charge in [-0.05, 0) is 44.4 Å². The van der Waals surface area contributed by atoms with Crippen molar-refractivity contribution in [1.82, 2.24) is 4.90 Å². The minimum atomic E-state index is -0.921. The maximum Gasteiger partial charge on any atom is 0.329 e. The first-order valence-electron chi connectivity index (χ1n) is 7.26. The summed E-state index contributed by atoms with van der Waals surface area (Å²) >= 11 is 0. The third-order valence-electron chi connectivity index (χ3n) is 4.03. The van der Waals surface area contributed by atoms with Gasteiger partial charge < -0.3 is 14.9 Å². The number of rotatable bonds is 7. The molecule has 21 heavy (non-hydrogen) atoms. The summed E-state index contributed by atoms with van der Waals surface area (Å²) in [4.78, 5) is 12.8. The summed E-state index contributed by atoms with van der Waals surface area (Å²) in [6.45, 7) is 5.45. The van der Waals surface area contributed by atoms with Crippen LogP contribution < -0.4 is 0 Å². The van der Waals surface area contributed by atoms with E-state index < -0.39 is 5.97 Å². The Morgan fingerprint density at radius 1 is 1.38 bits per heavy atom. The van der Waals surface area contributed by atoms with Crippen molar-refractivity contribution in [2.45, 2.75) is 38.3 Å². The van der Waals surface area contributed by atoms with E-state index in [1.54, 1.807) is 12.1 Å². The van der Waals surface area contributed by atoms with Crippen LogP contribution in [0.5, 0.6) is 5.75 Å². The zero-order valence-electron chi connectivity index (χ0n) is 12.6. The van der Waals surface area contributed by atoms with Crippen LogP contribution >= 0.6 is 0 Å². The first kappa shape index (κ1) is 15.8. The number of aromatic hydroxyl groups is 1. The van der Waals surface area contributed by atoms with Crippen LogP contribution in [-0.4, -0.2) is 52.4 Å². The summed E-state index contributed by atoms with van der Waals surface area (Å²) < 4.78 is 5.41. The number of ether oxygens (including phenoxy) is 1. The van der Waals surface area contributed by atoms with Crippen molar-refractivity contribution in [3.8, 4) is 5.75 Å². The van der Waals surface area contributed by atoms with Crippen molar-refractivity contribution in [2.24, 2.45) is 0 Å². The Hall–Kier alpha value is -1.59. The van der Waals surface area contributed by atoms with Crippen molar-refractivity contribution >= 4 is 5.97 Å². The second kappa shape index (κ2) is 6.45. The Morgan fingerprint density at radius 2 is 2.00 bits per heavy atom. The van der Waals surface area contributed by atoms with Crippen LogP contribution in [0.2, 0.25) is 0 Å². The maximum atomic E-state index is 10.5. The molecule has 0 amide bonds. The molecule has 5 heteroatoms. The van der Waals surface area contributed by atoms with E-state index in [1.165, 1.54) is 5.56 Å². The van der Waals surface area contributed by atoms with Crippen molar-refractivity contribution in [3.05, 3.63) is 29.8 Å². The first-order chi connectivity index (χ1) is 9.88. The number of nitrogens with zero attached hydrogens (tertiary/aromatic N) is 1. The fraction of sp³-hybridized carbons (Fsp3) is 0.562. The normalized spacial score (nSPS) is 19.0. The molecule has 2 rings (SSSR count). The number of phenolic OH excluding ortho intramolecular Hbond substituents is 1. The van der Waals surface area contributed by atoms with Gasteiger partial charge in [0.2, 0.25) is 0 Å². The summed E-state index contributed by atoms with van der Waals surface area (Å²) in [7, 11) is 0. The predicted molar refractivity (Wildman–Crippen MR) is 79.5 cm³/mol. The second-order valence-electron chi connectivity index (χ2n) is 6.09. The van der Waals surface area contributed by atoms with Gasteiger partial charge in [-0.15, -0.1) is 0 Å². The lowest BCUT2D eigenvalue weighted by Crippen LogP contribution is -2.64. The molecule has 0 saturated carbocycles. The van der Waals surface area contributed by atoms with E-state index in [-0.39, 0.29) is 12.2 Å². The van der Waals surface area contributed by atoms with Crippen molar-refractivity contribution in [1.29, 1.82) is 0 Å². The van der Waals surface area contributed by atoms with E-state index >= 15 is 0 Å². The Kier molecular flexibility index (Phi) is 4.85. The van der Waals surface area contributed by atoms with Crippen LogP contribution in [0.25, 0.3) is 0 Å². The topological polar surface area (TPSA) is 70.0 Å². The molecule has 1 fully saturated rings. The van der Waals surface area contributed by atoms with Crippen molar-refractivity contribution < 1.29 is 19.7 Å². The van der Waals surface area contributed by atoms with E-state index in [4.69, 9.17) is 9.84 Å². The van der Waals surface area contributed by atoms with E-state index in [1.807, 2.05) is 19.1 Å². The van der Waals surface area contributed by atoms with Crippen LogP contribution in [0, 0.1) is 0 Å². The number of hydrogen-bond donors (Lipinski definition) is 2. The van der Waals surface area contributed by atoms with Crippen LogP contribution in [-0.2, 0) is 16.0 Å². The highest BCUT2D eigenvalue weighted by Gasteiger charge is 2.41. The maximum absolute atomic E-state index is 10.5. The Labute approximate surface area is 125 Å². The van der Waals surface area contributed by atoms with Gasteiger partial charge in [0, 0.05) is 19.1 Å². The molecule has 0 radical (unpaired) electrons. The summed E-state index contributed by atoms with van der Waals surface area (Å²) in [5.41, 5.74) is 0.885. The van der Waals surface area contributed by atoms with Gasteiger partial charge in [-0.25, -0.2) is 4.79 Å². The quantitative estimate of drug-likeness (QED) is 0.803. The lowest BCUT2D eigenvalue weighted by Gasteiger charge is -2.50. The van der Waals surface area contributed by atoms with Crippen molar-refractivity contribution in [3.63, 3.8) is 0 Å². The molecule has 1 aromatic rings. The second-order valence-corrected chi connectivity index (χ2v) is 6.09. The van der Waals surface area contributed by atoms with Crippen LogP contribution in [0.1, 0.15) is 25.8 Å². The molecule has 1 aromatic carbocycles. The lowest BCUT2D eigenvalue weighted by molar-refractivity contribution is -0.169. The van der Waals surface area contributed by atoms with Crippen LogP contribution in [0.3, 0.4) is 0 Å². The van der Waals surface area contributed by atoms with E-state index in [0.29, 0.717) is 11.8 Å². The summed E-state index contributed by atoms with van der Waals surface area (Å²) in [6.07, 6.45) is 1.99. The molecule has 0 aromatic heterocycles. The summed E-state index contributed by atoms with van der Waals surface area (Å²) in [5, 5.41) is 17.9. The smallest absolute Gasteiger partial charge is 0.329 e. The number of aliphatic carboxylic acids is 1. The van der Waals surface area contributed by atoms with Gasteiger partial charge in [0.25, 0.3) is 0 Å². The fourth-order valence-corrected chi connectivity index (χ4v) is 2.67.